The maximum Gasteiger partial charge on any atom is 0.234 e. The Morgan fingerprint density at radius 1 is 1.45 bits per heavy atom. The maximum atomic E-state index is 12.0. The average Bonchev–Trinajstić information content (AvgIpc) is 2.46. The van der Waals surface area contributed by atoms with E-state index in [-0.39, 0.29) is 18.3 Å². The van der Waals surface area contributed by atoms with Crippen LogP contribution < -0.4 is 10.6 Å². The predicted octanol–water partition coefficient (Wildman–Crippen LogP) is 2.37. The highest BCUT2D eigenvalue weighted by Crippen LogP contribution is 2.25. The third kappa shape index (κ3) is 5.60. The van der Waals surface area contributed by atoms with Gasteiger partial charge in [-0.15, -0.1) is 12.4 Å². The zero-order valence-corrected chi connectivity index (χ0v) is 14.9. The second-order valence-corrected chi connectivity index (χ2v) is 6.12. The summed E-state index contributed by atoms with van der Waals surface area (Å²) in [7, 11) is 0. The van der Waals surface area contributed by atoms with E-state index in [1.165, 1.54) is 0 Å². The molecule has 7 heteroatoms. The molecule has 2 N–H and O–H groups in total. The highest BCUT2D eigenvalue weighted by Gasteiger charge is 2.19. The zero-order chi connectivity index (χ0) is 15.2. The quantitative estimate of drug-likeness (QED) is 0.841. The molecule has 22 heavy (non-hydrogen) atoms. The van der Waals surface area contributed by atoms with Crippen LogP contribution >= 0.6 is 35.6 Å². The molecule has 124 valence electrons. The fourth-order valence-corrected chi connectivity index (χ4v) is 2.85. The van der Waals surface area contributed by atoms with Crippen molar-refractivity contribution < 1.29 is 4.79 Å². The number of hydrogen-bond donors (Lipinski definition) is 2. The first kappa shape index (κ1) is 19.5. The van der Waals surface area contributed by atoms with Crippen molar-refractivity contribution in [1.29, 1.82) is 0 Å². The van der Waals surface area contributed by atoms with Crippen molar-refractivity contribution in [1.82, 2.24) is 15.5 Å². The Kier molecular flexibility index (Phi) is 8.50. The van der Waals surface area contributed by atoms with E-state index in [2.05, 4.69) is 22.5 Å². The van der Waals surface area contributed by atoms with Crippen molar-refractivity contribution in [3.63, 3.8) is 0 Å². The van der Waals surface area contributed by atoms with Gasteiger partial charge >= 0.3 is 0 Å². The summed E-state index contributed by atoms with van der Waals surface area (Å²) in [5.41, 5.74) is 0.958. The SMILES string of the molecule is C[C@H]1CNCCN1CC(=O)NCCc1cccc(Cl)c1Cl.Cl. The molecule has 0 aliphatic carbocycles. The third-order valence-corrected chi connectivity index (χ3v) is 4.59. The van der Waals surface area contributed by atoms with Crippen LogP contribution in [0.1, 0.15) is 12.5 Å². The van der Waals surface area contributed by atoms with Gasteiger partial charge in [-0.3, -0.25) is 9.69 Å². The van der Waals surface area contributed by atoms with Gasteiger partial charge in [0.1, 0.15) is 0 Å². The van der Waals surface area contributed by atoms with Crippen molar-refractivity contribution in [3.8, 4) is 0 Å². The van der Waals surface area contributed by atoms with E-state index in [9.17, 15) is 4.79 Å². The number of carbonyl (C=O) groups is 1. The second kappa shape index (κ2) is 9.58. The van der Waals surface area contributed by atoms with Crippen molar-refractivity contribution in [2.75, 3.05) is 32.7 Å². The summed E-state index contributed by atoms with van der Waals surface area (Å²) in [5, 5.41) is 7.38. The number of rotatable bonds is 5. The number of carbonyl (C=O) groups excluding carboxylic acids is 1. The molecular formula is C15H22Cl3N3O. The molecule has 2 rings (SSSR count). The van der Waals surface area contributed by atoms with Gasteiger partial charge < -0.3 is 10.6 Å². The smallest absolute Gasteiger partial charge is 0.234 e. The minimum atomic E-state index is 0. The maximum absolute atomic E-state index is 12.0. The molecule has 1 atom stereocenters. The van der Waals surface area contributed by atoms with Crippen molar-refractivity contribution in [2.24, 2.45) is 0 Å². The van der Waals surface area contributed by atoms with E-state index in [0.29, 0.717) is 35.6 Å². The summed E-state index contributed by atoms with van der Waals surface area (Å²) in [6, 6.07) is 5.96. The molecule has 0 spiro atoms. The van der Waals surface area contributed by atoms with Crippen LogP contribution in [0.25, 0.3) is 0 Å². The molecule has 1 saturated heterocycles. The first-order valence-electron chi connectivity index (χ1n) is 7.22. The zero-order valence-electron chi connectivity index (χ0n) is 12.6. The van der Waals surface area contributed by atoms with Gasteiger partial charge in [0.05, 0.1) is 16.6 Å². The van der Waals surface area contributed by atoms with Crippen molar-refractivity contribution in [3.05, 3.63) is 33.8 Å². The first-order chi connectivity index (χ1) is 10.1. The van der Waals surface area contributed by atoms with Crippen molar-refractivity contribution >= 4 is 41.5 Å². The fourth-order valence-electron chi connectivity index (χ4n) is 2.44. The Hall–Kier alpha value is -0.520. The van der Waals surface area contributed by atoms with E-state index in [0.717, 1.165) is 25.2 Å². The van der Waals surface area contributed by atoms with E-state index in [4.69, 9.17) is 23.2 Å². The standard InChI is InChI=1S/C15H21Cl2N3O.ClH/c1-11-9-18-7-8-20(11)10-14(21)19-6-5-12-3-2-4-13(16)15(12)17;/h2-4,11,18H,5-10H2,1H3,(H,19,21);1H/t11-;/m0./s1. The lowest BCUT2D eigenvalue weighted by Gasteiger charge is -2.33. The molecule has 1 heterocycles. The van der Waals surface area contributed by atoms with Crippen LogP contribution in [0.5, 0.6) is 0 Å². The summed E-state index contributed by atoms with van der Waals surface area (Å²) >= 11 is 12.1. The number of piperazine rings is 1. The minimum Gasteiger partial charge on any atom is -0.355 e. The predicted molar refractivity (Wildman–Crippen MR) is 94.3 cm³/mol. The van der Waals surface area contributed by atoms with Crippen LogP contribution in [0.4, 0.5) is 0 Å². The largest absolute Gasteiger partial charge is 0.355 e. The van der Waals surface area contributed by atoms with Gasteiger partial charge in [-0.25, -0.2) is 0 Å². The van der Waals surface area contributed by atoms with Gasteiger partial charge in [-0.1, -0.05) is 35.3 Å². The van der Waals surface area contributed by atoms with Crippen LogP contribution in [0, 0.1) is 0 Å². The van der Waals surface area contributed by atoms with E-state index < -0.39 is 0 Å². The van der Waals surface area contributed by atoms with Gasteiger partial charge in [-0.2, -0.15) is 0 Å². The number of halogens is 3. The topological polar surface area (TPSA) is 44.4 Å². The third-order valence-electron chi connectivity index (χ3n) is 3.73. The Morgan fingerprint density at radius 3 is 2.95 bits per heavy atom. The monoisotopic (exact) mass is 365 g/mol. The van der Waals surface area contributed by atoms with Crippen LogP contribution in [-0.4, -0.2) is 49.6 Å². The molecular weight excluding hydrogens is 345 g/mol. The molecule has 1 aliphatic heterocycles. The van der Waals surface area contributed by atoms with Crippen LogP contribution in [0.15, 0.2) is 18.2 Å². The summed E-state index contributed by atoms with van der Waals surface area (Å²) < 4.78 is 0. The molecule has 0 saturated carbocycles. The van der Waals surface area contributed by atoms with Crippen LogP contribution in [-0.2, 0) is 11.2 Å². The Balaban J connectivity index is 0.00000242. The Labute approximate surface area is 147 Å². The molecule has 1 amide bonds. The van der Waals surface area contributed by atoms with Gasteiger partial charge in [-0.05, 0) is 25.0 Å². The number of nitrogens with zero attached hydrogens (tertiary/aromatic N) is 1. The lowest BCUT2D eigenvalue weighted by Crippen LogP contribution is -2.52. The molecule has 1 aromatic rings. The van der Waals surface area contributed by atoms with Gasteiger partial charge in [0, 0.05) is 32.2 Å². The average molecular weight is 367 g/mol. The van der Waals surface area contributed by atoms with Crippen LogP contribution in [0.2, 0.25) is 10.0 Å². The highest BCUT2D eigenvalue weighted by molar-refractivity contribution is 6.42. The molecule has 0 radical (unpaired) electrons. The molecule has 1 aromatic carbocycles. The van der Waals surface area contributed by atoms with E-state index in [1.807, 2.05) is 12.1 Å². The first-order valence-corrected chi connectivity index (χ1v) is 7.98. The molecule has 0 unspecified atom stereocenters. The molecule has 4 nitrogen and oxygen atoms in total. The summed E-state index contributed by atoms with van der Waals surface area (Å²) in [4.78, 5) is 14.2. The highest BCUT2D eigenvalue weighted by atomic mass is 35.5. The second-order valence-electron chi connectivity index (χ2n) is 5.34. The Bertz CT molecular complexity index is 499. The number of amides is 1. The summed E-state index contributed by atoms with van der Waals surface area (Å²) in [5.74, 6) is 0.0573. The molecule has 1 fully saturated rings. The normalized spacial score (nSPS) is 18.6. The van der Waals surface area contributed by atoms with Crippen LogP contribution in [0.3, 0.4) is 0 Å². The van der Waals surface area contributed by atoms with E-state index >= 15 is 0 Å². The summed E-state index contributed by atoms with van der Waals surface area (Å²) in [6.45, 7) is 5.94. The lowest BCUT2D eigenvalue weighted by molar-refractivity contribution is -0.122. The Morgan fingerprint density at radius 2 is 2.23 bits per heavy atom. The van der Waals surface area contributed by atoms with Gasteiger partial charge in [0.15, 0.2) is 0 Å². The molecule has 0 aromatic heterocycles. The van der Waals surface area contributed by atoms with Crippen molar-refractivity contribution in [2.45, 2.75) is 19.4 Å². The van der Waals surface area contributed by atoms with E-state index in [1.54, 1.807) is 6.07 Å². The fraction of sp³-hybridized carbons (Fsp3) is 0.533. The lowest BCUT2D eigenvalue weighted by atomic mass is 10.1. The molecule has 1 aliphatic rings. The number of nitrogens with one attached hydrogen (secondary N) is 2. The van der Waals surface area contributed by atoms with Gasteiger partial charge in [0.25, 0.3) is 0 Å². The number of hydrogen-bond acceptors (Lipinski definition) is 3. The minimum absolute atomic E-state index is 0. The molecule has 0 bridgehead atoms. The number of benzene rings is 1. The van der Waals surface area contributed by atoms with Gasteiger partial charge in [0.2, 0.25) is 5.91 Å². The summed E-state index contributed by atoms with van der Waals surface area (Å²) in [6.07, 6.45) is 0.683.